The number of hydrogen-bond donors (Lipinski definition) is 2. The Balaban J connectivity index is 1.98. The Hall–Kier alpha value is -2.44. The molecule has 3 rings (SSSR count). The number of amides is 2. The number of anilines is 2. The van der Waals surface area contributed by atoms with Gasteiger partial charge in [-0.2, -0.15) is 0 Å². The minimum Gasteiger partial charge on any atom is -0.486 e. The molecule has 0 fully saturated rings. The largest absolute Gasteiger partial charge is 0.486 e. The summed E-state index contributed by atoms with van der Waals surface area (Å²) in [4.78, 5) is 25.0. The number of carbonyl (C=O) groups excluding carboxylic acids is 2. The summed E-state index contributed by atoms with van der Waals surface area (Å²) in [7, 11) is 1.54. The van der Waals surface area contributed by atoms with Crippen molar-refractivity contribution in [1.82, 2.24) is 5.32 Å². The molecule has 1 aromatic rings. The van der Waals surface area contributed by atoms with Crippen LogP contribution in [0.4, 0.5) is 11.4 Å². The molecular weight excluding hydrogens is 262 g/mol. The number of nitrogens with one attached hydrogen (secondary N) is 2. The average Bonchev–Trinajstić information content (AvgIpc) is 2.48. The fraction of sp³-hybridized carbons (Fsp3) is 0.385. The molecule has 2 heterocycles. The van der Waals surface area contributed by atoms with E-state index in [0.29, 0.717) is 30.4 Å². The number of hydrogen-bond acceptors (Lipinski definition) is 5. The molecule has 0 bridgehead atoms. The first-order chi connectivity index (χ1) is 9.69. The van der Waals surface area contributed by atoms with Gasteiger partial charge in [-0.15, -0.1) is 0 Å². The molecule has 0 saturated heterocycles. The Morgan fingerprint density at radius 2 is 2.05 bits per heavy atom. The van der Waals surface area contributed by atoms with Gasteiger partial charge in [0.15, 0.2) is 11.5 Å². The van der Waals surface area contributed by atoms with Crippen molar-refractivity contribution in [3.63, 3.8) is 0 Å². The Kier molecular flexibility index (Phi) is 3.09. The Bertz CT molecular complexity index is 573. The highest BCUT2D eigenvalue weighted by Crippen LogP contribution is 2.41. The zero-order valence-corrected chi connectivity index (χ0v) is 11.1. The van der Waals surface area contributed by atoms with Crippen LogP contribution in [-0.2, 0) is 9.59 Å². The van der Waals surface area contributed by atoms with E-state index in [-0.39, 0.29) is 24.9 Å². The second-order valence-corrected chi connectivity index (χ2v) is 4.52. The molecule has 2 aliphatic rings. The molecule has 1 aromatic carbocycles. The van der Waals surface area contributed by atoms with Crippen LogP contribution in [0.2, 0.25) is 0 Å². The van der Waals surface area contributed by atoms with Crippen molar-refractivity contribution >= 4 is 23.2 Å². The van der Waals surface area contributed by atoms with Crippen LogP contribution in [0.1, 0.15) is 0 Å². The number of rotatable bonds is 2. The van der Waals surface area contributed by atoms with Gasteiger partial charge in [0.05, 0.1) is 17.9 Å². The third kappa shape index (κ3) is 2.11. The molecule has 2 N–H and O–H groups in total. The number of nitrogens with zero attached hydrogens (tertiary/aromatic N) is 1. The predicted octanol–water partition coefficient (Wildman–Crippen LogP) is -0.0377. The lowest BCUT2D eigenvalue weighted by molar-refractivity contribution is -0.123. The number of benzene rings is 1. The molecular formula is C13H15N3O4. The molecule has 0 saturated carbocycles. The highest BCUT2D eigenvalue weighted by Gasteiger charge is 2.28. The quantitative estimate of drug-likeness (QED) is 0.793. The van der Waals surface area contributed by atoms with Crippen LogP contribution in [-0.4, -0.2) is 45.2 Å². The van der Waals surface area contributed by atoms with Gasteiger partial charge in [-0.25, -0.2) is 0 Å². The summed E-state index contributed by atoms with van der Waals surface area (Å²) >= 11 is 0. The van der Waals surface area contributed by atoms with Crippen LogP contribution in [0.5, 0.6) is 11.5 Å². The van der Waals surface area contributed by atoms with Gasteiger partial charge >= 0.3 is 0 Å². The Morgan fingerprint density at radius 3 is 2.75 bits per heavy atom. The summed E-state index contributed by atoms with van der Waals surface area (Å²) in [5, 5.41) is 5.54. The molecule has 0 spiro atoms. The second-order valence-electron chi connectivity index (χ2n) is 4.52. The Morgan fingerprint density at radius 1 is 1.35 bits per heavy atom. The highest BCUT2D eigenvalue weighted by atomic mass is 16.6. The topological polar surface area (TPSA) is 79.9 Å². The number of likely N-dealkylation sites (N-methyl/N-ethyl adjacent to an activating group) is 1. The van der Waals surface area contributed by atoms with E-state index in [9.17, 15) is 9.59 Å². The maximum Gasteiger partial charge on any atom is 0.246 e. The Labute approximate surface area is 115 Å². The van der Waals surface area contributed by atoms with Crippen LogP contribution < -0.4 is 25.0 Å². The van der Waals surface area contributed by atoms with E-state index in [1.165, 1.54) is 4.90 Å². The maximum absolute atomic E-state index is 12.0. The van der Waals surface area contributed by atoms with Crippen LogP contribution >= 0.6 is 0 Å². The normalized spacial score (nSPS) is 16.2. The third-order valence-electron chi connectivity index (χ3n) is 3.26. The van der Waals surface area contributed by atoms with Crippen molar-refractivity contribution in [1.29, 1.82) is 0 Å². The SMILES string of the molecule is CNC(=O)CN1C(=O)CNc2cc3c(cc21)OCCO3. The minimum atomic E-state index is -0.221. The zero-order valence-electron chi connectivity index (χ0n) is 11.1. The van der Waals surface area contributed by atoms with E-state index >= 15 is 0 Å². The van der Waals surface area contributed by atoms with Gasteiger partial charge in [0, 0.05) is 19.2 Å². The van der Waals surface area contributed by atoms with Crippen LogP contribution in [0.25, 0.3) is 0 Å². The van der Waals surface area contributed by atoms with Crippen LogP contribution in [0.15, 0.2) is 12.1 Å². The molecule has 0 unspecified atom stereocenters. The van der Waals surface area contributed by atoms with Crippen LogP contribution in [0, 0.1) is 0 Å². The van der Waals surface area contributed by atoms with Crippen molar-refractivity contribution in [2.45, 2.75) is 0 Å². The van der Waals surface area contributed by atoms with Gasteiger partial charge in [-0.3, -0.25) is 14.5 Å². The summed E-state index contributed by atoms with van der Waals surface area (Å²) in [6, 6.07) is 3.53. The standard InChI is InChI=1S/C13H15N3O4/c1-14-12(17)7-16-9-5-11-10(19-2-3-20-11)4-8(9)15-6-13(16)18/h4-5,15H,2-3,6-7H2,1H3,(H,14,17). The summed E-state index contributed by atoms with van der Waals surface area (Å²) in [6.45, 7) is 1.13. The monoisotopic (exact) mass is 277 g/mol. The molecule has 2 aliphatic heterocycles. The van der Waals surface area contributed by atoms with E-state index in [1.807, 2.05) is 0 Å². The van der Waals surface area contributed by atoms with Gasteiger partial charge in [-0.1, -0.05) is 0 Å². The first-order valence-electron chi connectivity index (χ1n) is 6.37. The lowest BCUT2D eigenvalue weighted by Crippen LogP contribution is -2.45. The minimum absolute atomic E-state index is 0.0103. The molecule has 2 amide bonds. The molecule has 20 heavy (non-hydrogen) atoms. The number of fused-ring (bicyclic) bond motifs is 2. The van der Waals surface area contributed by atoms with Gasteiger partial charge in [0.1, 0.15) is 19.8 Å². The zero-order chi connectivity index (χ0) is 14.1. The first kappa shape index (κ1) is 12.6. The smallest absolute Gasteiger partial charge is 0.246 e. The first-order valence-corrected chi connectivity index (χ1v) is 6.37. The van der Waals surface area contributed by atoms with E-state index < -0.39 is 0 Å². The lowest BCUT2D eigenvalue weighted by Gasteiger charge is -2.31. The molecule has 7 nitrogen and oxygen atoms in total. The van der Waals surface area contributed by atoms with Gasteiger partial charge < -0.3 is 20.1 Å². The van der Waals surface area contributed by atoms with Crippen molar-refractivity contribution in [2.75, 3.05) is 43.6 Å². The molecule has 0 aromatic heterocycles. The molecule has 0 atom stereocenters. The summed E-state index contributed by atoms with van der Waals surface area (Å²) in [6.07, 6.45) is 0. The molecule has 0 radical (unpaired) electrons. The van der Waals surface area contributed by atoms with E-state index in [4.69, 9.17) is 9.47 Å². The van der Waals surface area contributed by atoms with E-state index in [2.05, 4.69) is 10.6 Å². The summed E-state index contributed by atoms with van der Waals surface area (Å²) in [5.41, 5.74) is 1.40. The van der Waals surface area contributed by atoms with Crippen molar-refractivity contribution in [3.8, 4) is 11.5 Å². The third-order valence-corrected chi connectivity index (χ3v) is 3.26. The number of ether oxygens (including phenoxy) is 2. The van der Waals surface area contributed by atoms with Gasteiger partial charge in [-0.05, 0) is 0 Å². The fourth-order valence-corrected chi connectivity index (χ4v) is 2.24. The van der Waals surface area contributed by atoms with Crippen molar-refractivity contribution in [2.24, 2.45) is 0 Å². The van der Waals surface area contributed by atoms with Crippen molar-refractivity contribution in [3.05, 3.63) is 12.1 Å². The van der Waals surface area contributed by atoms with Gasteiger partial charge in [0.25, 0.3) is 0 Å². The molecule has 106 valence electrons. The van der Waals surface area contributed by atoms with Crippen LogP contribution in [0.3, 0.4) is 0 Å². The summed E-state index contributed by atoms with van der Waals surface area (Å²) in [5.74, 6) is 0.865. The van der Waals surface area contributed by atoms with Gasteiger partial charge in [0.2, 0.25) is 11.8 Å². The van der Waals surface area contributed by atoms with E-state index in [1.54, 1.807) is 19.2 Å². The lowest BCUT2D eigenvalue weighted by atomic mass is 10.1. The highest BCUT2D eigenvalue weighted by molar-refractivity contribution is 6.06. The second kappa shape index (κ2) is 4.92. The fourth-order valence-electron chi connectivity index (χ4n) is 2.24. The van der Waals surface area contributed by atoms with E-state index in [0.717, 1.165) is 5.69 Å². The van der Waals surface area contributed by atoms with Crippen molar-refractivity contribution < 1.29 is 19.1 Å². The predicted molar refractivity (Wildman–Crippen MR) is 72.3 cm³/mol. The summed E-state index contributed by atoms with van der Waals surface area (Å²) < 4.78 is 11.0. The number of carbonyl (C=O) groups is 2. The molecule has 7 heteroatoms. The molecule has 0 aliphatic carbocycles. The average molecular weight is 277 g/mol. The maximum atomic E-state index is 12.0.